The summed E-state index contributed by atoms with van der Waals surface area (Å²) in [6, 6.07) is 7.79. The van der Waals surface area contributed by atoms with E-state index in [9.17, 15) is 0 Å². The molecule has 1 unspecified atom stereocenters. The van der Waals surface area contributed by atoms with E-state index in [1.807, 2.05) is 36.0 Å². The van der Waals surface area contributed by atoms with Crippen molar-refractivity contribution >= 4 is 22.9 Å². The molecule has 0 aliphatic carbocycles. The number of hydrogen-bond donors (Lipinski definition) is 2. The Morgan fingerprint density at radius 3 is 2.69 bits per heavy atom. The number of aromatic nitrogens is 1. The number of halogens is 1. The number of thiazole rings is 1. The Balaban J connectivity index is 2.13. The molecule has 1 aromatic heterocycles. The minimum absolute atomic E-state index is 0.0951. The highest BCUT2D eigenvalue weighted by molar-refractivity contribution is 7.09. The minimum Gasteiger partial charge on any atom is -0.271 e. The average molecular weight is 254 g/mol. The van der Waals surface area contributed by atoms with E-state index in [4.69, 9.17) is 17.4 Å². The van der Waals surface area contributed by atoms with Crippen molar-refractivity contribution in [3.63, 3.8) is 0 Å². The maximum Gasteiger partial charge on any atom is 0.0794 e. The predicted molar refractivity (Wildman–Crippen MR) is 67.3 cm³/mol. The van der Waals surface area contributed by atoms with Crippen LogP contribution in [0.2, 0.25) is 5.02 Å². The molecule has 0 amide bonds. The van der Waals surface area contributed by atoms with Crippen LogP contribution >= 0.6 is 22.9 Å². The zero-order valence-corrected chi connectivity index (χ0v) is 10.1. The van der Waals surface area contributed by atoms with E-state index in [-0.39, 0.29) is 6.04 Å². The Kier molecular flexibility index (Phi) is 3.90. The number of hydrazine groups is 1. The molecular formula is C11H12ClN3S. The number of nitrogens with zero attached hydrogens (tertiary/aromatic N) is 1. The lowest BCUT2D eigenvalue weighted by Gasteiger charge is -2.15. The predicted octanol–water partition coefficient (Wildman–Crippen LogP) is 2.54. The molecule has 0 saturated carbocycles. The van der Waals surface area contributed by atoms with Crippen LogP contribution < -0.4 is 11.3 Å². The lowest BCUT2D eigenvalue weighted by atomic mass is 10.0. The molecule has 0 aliphatic heterocycles. The zero-order valence-electron chi connectivity index (χ0n) is 8.56. The van der Waals surface area contributed by atoms with E-state index in [1.54, 1.807) is 11.3 Å². The number of benzene rings is 1. The summed E-state index contributed by atoms with van der Waals surface area (Å²) in [7, 11) is 0. The molecule has 3 nitrogen and oxygen atoms in total. The third-order valence-electron chi connectivity index (χ3n) is 2.36. The quantitative estimate of drug-likeness (QED) is 0.650. The largest absolute Gasteiger partial charge is 0.271 e. The fraction of sp³-hybridized carbons (Fsp3) is 0.182. The molecule has 2 aromatic rings. The molecule has 1 aromatic carbocycles. The molecule has 0 bridgehead atoms. The summed E-state index contributed by atoms with van der Waals surface area (Å²) < 4.78 is 0. The van der Waals surface area contributed by atoms with Crippen molar-refractivity contribution in [2.75, 3.05) is 0 Å². The fourth-order valence-electron chi connectivity index (χ4n) is 1.51. The molecule has 0 spiro atoms. The van der Waals surface area contributed by atoms with Crippen molar-refractivity contribution < 1.29 is 0 Å². The molecule has 3 N–H and O–H groups in total. The zero-order chi connectivity index (χ0) is 11.4. The normalized spacial score (nSPS) is 12.6. The first-order valence-corrected chi connectivity index (χ1v) is 6.14. The van der Waals surface area contributed by atoms with Crippen LogP contribution in [-0.4, -0.2) is 4.98 Å². The molecule has 0 radical (unpaired) electrons. The van der Waals surface area contributed by atoms with E-state index in [1.165, 1.54) is 4.88 Å². The monoisotopic (exact) mass is 253 g/mol. The van der Waals surface area contributed by atoms with Gasteiger partial charge in [0.05, 0.1) is 11.6 Å². The number of hydrogen-bond acceptors (Lipinski definition) is 4. The summed E-state index contributed by atoms with van der Waals surface area (Å²) in [4.78, 5) is 5.25. The molecular weight excluding hydrogens is 242 g/mol. The second-order valence-electron chi connectivity index (χ2n) is 3.44. The SMILES string of the molecule is NNC(Cc1cncs1)c1ccc(Cl)cc1. The van der Waals surface area contributed by atoms with Gasteiger partial charge in [-0.25, -0.2) is 0 Å². The van der Waals surface area contributed by atoms with Crippen molar-refractivity contribution in [2.24, 2.45) is 5.84 Å². The highest BCUT2D eigenvalue weighted by Gasteiger charge is 2.11. The molecule has 84 valence electrons. The van der Waals surface area contributed by atoms with Gasteiger partial charge in [0, 0.05) is 22.5 Å². The number of nitrogens with one attached hydrogen (secondary N) is 1. The van der Waals surface area contributed by atoms with Gasteiger partial charge in [-0.1, -0.05) is 23.7 Å². The lowest BCUT2D eigenvalue weighted by Crippen LogP contribution is -2.29. The van der Waals surface area contributed by atoms with Gasteiger partial charge in [-0.15, -0.1) is 11.3 Å². The van der Waals surface area contributed by atoms with Gasteiger partial charge in [0.1, 0.15) is 0 Å². The van der Waals surface area contributed by atoms with Crippen LogP contribution in [0, 0.1) is 0 Å². The Morgan fingerprint density at radius 2 is 2.12 bits per heavy atom. The molecule has 0 fully saturated rings. The van der Waals surface area contributed by atoms with Gasteiger partial charge in [0.15, 0.2) is 0 Å². The maximum absolute atomic E-state index is 5.84. The molecule has 0 saturated heterocycles. The molecule has 16 heavy (non-hydrogen) atoms. The fourth-order valence-corrected chi connectivity index (χ4v) is 2.28. The van der Waals surface area contributed by atoms with E-state index in [0.717, 1.165) is 17.0 Å². The topological polar surface area (TPSA) is 50.9 Å². The van der Waals surface area contributed by atoms with E-state index >= 15 is 0 Å². The van der Waals surface area contributed by atoms with Crippen molar-refractivity contribution in [2.45, 2.75) is 12.5 Å². The van der Waals surface area contributed by atoms with Gasteiger partial charge in [-0.05, 0) is 17.7 Å². The van der Waals surface area contributed by atoms with E-state index < -0.39 is 0 Å². The van der Waals surface area contributed by atoms with Crippen LogP contribution in [0.25, 0.3) is 0 Å². The van der Waals surface area contributed by atoms with Gasteiger partial charge in [0.2, 0.25) is 0 Å². The first-order chi connectivity index (χ1) is 7.79. The van der Waals surface area contributed by atoms with Gasteiger partial charge in [-0.2, -0.15) is 0 Å². The van der Waals surface area contributed by atoms with Crippen LogP contribution in [0.15, 0.2) is 36.0 Å². The van der Waals surface area contributed by atoms with Crippen LogP contribution in [0.5, 0.6) is 0 Å². The number of rotatable bonds is 4. The van der Waals surface area contributed by atoms with Crippen LogP contribution in [0.3, 0.4) is 0 Å². The molecule has 1 atom stereocenters. The molecule has 2 rings (SSSR count). The van der Waals surface area contributed by atoms with Crippen molar-refractivity contribution in [1.82, 2.24) is 10.4 Å². The standard InChI is InChI=1S/C11H12ClN3S/c12-9-3-1-8(2-4-9)11(15-13)5-10-6-14-7-16-10/h1-4,6-7,11,15H,5,13H2. The van der Waals surface area contributed by atoms with Crippen LogP contribution in [0.1, 0.15) is 16.5 Å². The summed E-state index contributed by atoms with van der Waals surface area (Å²) in [5.74, 6) is 5.56. The van der Waals surface area contributed by atoms with Crippen molar-refractivity contribution in [3.8, 4) is 0 Å². The Bertz CT molecular complexity index is 427. The first-order valence-electron chi connectivity index (χ1n) is 4.88. The smallest absolute Gasteiger partial charge is 0.0794 e. The van der Waals surface area contributed by atoms with Gasteiger partial charge < -0.3 is 0 Å². The van der Waals surface area contributed by atoms with Crippen molar-refractivity contribution in [3.05, 3.63) is 51.4 Å². The Labute approximate surface area is 103 Å². The average Bonchev–Trinajstić information content (AvgIpc) is 2.80. The number of nitrogens with two attached hydrogens (primary N) is 1. The Hall–Kier alpha value is -0.940. The molecule has 1 heterocycles. The third-order valence-corrected chi connectivity index (χ3v) is 3.42. The van der Waals surface area contributed by atoms with Gasteiger partial charge in [0.25, 0.3) is 0 Å². The van der Waals surface area contributed by atoms with Crippen LogP contribution in [0.4, 0.5) is 0 Å². The lowest BCUT2D eigenvalue weighted by molar-refractivity contribution is 0.555. The summed E-state index contributed by atoms with van der Waals surface area (Å²) >= 11 is 7.47. The minimum atomic E-state index is 0.0951. The summed E-state index contributed by atoms with van der Waals surface area (Å²) in [5.41, 5.74) is 5.76. The maximum atomic E-state index is 5.84. The highest BCUT2D eigenvalue weighted by Crippen LogP contribution is 2.21. The second kappa shape index (κ2) is 5.41. The van der Waals surface area contributed by atoms with Crippen molar-refractivity contribution in [1.29, 1.82) is 0 Å². The third kappa shape index (κ3) is 2.80. The summed E-state index contributed by atoms with van der Waals surface area (Å²) in [5, 5.41) is 0.734. The first kappa shape index (κ1) is 11.5. The van der Waals surface area contributed by atoms with E-state index in [2.05, 4.69) is 10.4 Å². The second-order valence-corrected chi connectivity index (χ2v) is 4.85. The Morgan fingerprint density at radius 1 is 1.38 bits per heavy atom. The van der Waals surface area contributed by atoms with E-state index in [0.29, 0.717) is 0 Å². The summed E-state index contributed by atoms with van der Waals surface area (Å²) in [6.45, 7) is 0. The summed E-state index contributed by atoms with van der Waals surface area (Å²) in [6.07, 6.45) is 2.70. The van der Waals surface area contributed by atoms with Gasteiger partial charge >= 0.3 is 0 Å². The van der Waals surface area contributed by atoms with Crippen LogP contribution in [-0.2, 0) is 6.42 Å². The molecule has 0 aliphatic rings. The molecule has 5 heteroatoms. The van der Waals surface area contributed by atoms with Gasteiger partial charge in [-0.3, -0.25) is 16.3 Å². The highest BCUT2D eigenvalue weighted by atomic mass is 35.5.